The first-order valence-electron chi connectivity index (χ1n) is 5.77. The van der Waals surface area contributed by atoms with E-state index in [-0.39, 0.29) is 0 Å². The lowest BCUT2D eigenvalue weighted by Gasteiger charge is -2.03. The maximum atomic E-state index is 5.47. The lowest BCUT2D eigenvalue weighted by Crippen LogP contribution is -1.99. The highest BCUT2D eigenvalue weighted by atomic mass is 79.9. The van der Waals surface area contributed by atoms with Gasteiger partial charge < -0.3 is 5.73 Å². The normalized spacial score (nSPS) is 10.8. The van der Waals surface area contributed by atoms with E-state index >= 15 is 0 Å². The van der Waals surface area contributed by atoms with Crippen molar-refractivity contribution in [1.82, 2.24) is 15.0 Å². The minimum atomic E-state index is 0.729. The van der Waals surface area contributed by atoms with Gasteiger partial charge in [0.1, 0.15) is 0 Å². The topological polar surface area (TPSA) is 56.7 Å². The smallest absolute Gasteiger partial charge is 0.0831 e. The zero-order valence-corrected chi connectivity index (χ0v) is 13.0. The van der Waals surface area contributed by atoms with Gasteiger partial charge in [-0.05, 0) is 59.9 Å². The molecule has 1 aromatic heterocycles. The Hall–Kier alpha value is -0.720. The van der Waals surface area contributed by atoms with Crippen LogP contribution in [0.25, 0.3) is 5.69 Å². The van der Waals surface area contributed by atoms with Gasteiger partial charge in [-0.2, -0.15) is 0 Å². The summed E-state index contributed by atoms with van der Waals surface area (Å²) in [6, 6.07) is 5.97. The molecule has 0 fully saturated rings. The molecule has 2 rings (SSSR count). The van der Waals surface area contributed by atoms with Crippen molar-refractivity contribution < 1.29 is 0 Å². The van der Waals surface area contributed by atoms with Gasteiger partial charge in [-0.1, -0.05) is 21.1 Å². The Morgan fingerprint density at radius 3 is 2.78 bits per heavy atom. The van der Waals surface area contributed by atoms with E-state index in [0.717, 1.165) is 46.1 Å². The van der Waals surface area contributed by atoms with Crippen LogP contribution in [0.4, 0.5) is 0 Å². The molecule has 6 heteroatoms. The molecule has 2 aromatic rings. The lowest BCUT2D eigenvalue weighted by atomic mass is 10.2. The van der Waals surface area contributed by atoms with Crippen molar-refractivity contribution in [2.24, 2.45) is 5.73 Å². The second-order valence-corrected chi connectivity index (χ2v) is 5.77. The fraction of sp³-hybridized carbons (Fsp3) is 0.333. The zero-order chi connectivity index (χ0) is 13.0. The number of aryl methyl sites for hydroxylation is 1. The van der Waals surface area contributed by atoms with E-state index in [0.29, 0.717) is 0 Å². The van der Waals surface area contributed by atoms with Crippen LogP contribution in [0.2, 0.25) is 0 Å². The van der Waals surface area contributed by atoms with Gasteiger partial charge in [0.2, 0.25) is 0 Å². The second-order valence-electron chi connectivity index (χ2n) is 4.00. The van der Waals surface area contributed by atoms with Crippen molar-refractivity contribution in [2.75, 3.05) is 6.54 Å². The van der Waals surface area contributed by atoms with Crippen molar-refractivity contribution in [1.29, 1.82) is 0 Å². The average Bonchev–Trinajstić information content (AvgIpc) is 2.78. The third-order valence-electron chi connectivity index (χ3n) is 2.58. The van der Waals surface area contributed by atoms with E-state index in [4.69, 9.17) is 5.73 Å². The summed E-state index contributed by atoms with van der Waals surface area (Å²) in [7, 11) is 0. The molecule has 0 aliphatic rings. The number of benzene rings is 1. The van der Waals surface area contributed by atoms with Crippen LogP contribution < -0.4 is 5.73 Å². The highest BCUT2D eigenvalue weighted by Gasteiger charge is 2.06. The van der Waals surface area contributed by atoms with Crippen LogP contribution in [0.15, 0.2) is 33.3 Å². The van der Waals surface area contributed by atoms with Crippen LogP contribution in [0, 0.1) is 0 Å². The van der Waals surface area contributed by atoms with Crippen molar-refractivity contribution >= 4 is 31.9 Å². The van der Waals surface area contributed by atoms with Crippen LogP contribution in [-0.2, 0) is 6.42 Å². The Morgan fingerprint density at radius 2 is 2.06 bits per heavy atom. The predicted octanol–water partition coefficient (Wildman–Crippen LogP) is 3.07. The number of rotatable bonds is 5. The minimum absolute atomic E-state index is 0.729. The van der Waals surface area contributed by atoms with Gasteiger partial charge in [-0.3, -0.25) is 0 Å². The van der Waals surface area contributed by atoms with Crippen LogP contribution in [-0.4, -0.2) is 21.5 Å². The second kappa shape index (κ2) is 6.45. The summed E-state index contributed by atoms with van der Waals surface area (Å²) in [6.07, 6.45) is 4.96. The molecular formula is C12H14Br2N4. The predicted molar refractivity (Wildman–Crippen MR) is 78.8 cm³/mol. The quantitative estimate of drug-likeness (QED) is 0.819. The number of nitrogens with zero attached hydrogens (tertiary/aromatic N) is 3. The maximum Gasteiger partial charge on any atom is 0.0831 e. The average molecular weight is 374 g/mol. The molecule has 0 saturated heterocycles. The fourth-order valence-corrected chi connectivity index (χ4v) is 2.88. The summed E-state index contributed by atoms with van der Waals surface area (Å²) >= 11 is 6.95. The van der Waals surface area contributed by atoms with Crippen molar-refractivity contribution in [3.8, 4) is 5.69 Å². The summed E-state index contributed by atoms with van der Waals surface area (Å²) < 4.78 is 3.80. The van der Waals surface area contributed by atoms with Gasteiger partial charge in [-0.25, -0.2) is 4.68 Å². The van der Waals surface area contributed by atoms with Gasteiger partial charge in [0.05, 0.1) is 17.6 Å². The number of unbranched alkanes of at least 4 members (excludes halogenated alkanes) is 1. The Morgan fingerprint density at radius 1 is 1.22 bits per heavy atom. The van der Waals surface area contributed by atoms with Crippen molar-refractivity contribution in [3.05, 3.63) is 39.0 Å². The third-order valence-corrected chi connectivity index (χ3v) is 3.71. The molecule has 0 bridgehead atoms. The standard InChI is InChI=1S/C12H14Br2N4/c13-9-4-5-12(11(14)7-9)18-8-10(16-17-18)3-1-2-6-15/h4-5,7-8H,1-3,6,15H2. The lowest BCUT2D eigenvalue weighted by molar-refractivity contribution is 0.727. The molecule has 0 amide bonds. The summed E-state index contributed by atoms with van der Waals surface area (Å²) in [5, 5.41) is 8.31. The van der Waals surface area contributed by atoms with Crippen LogP contribution in [0.3, 0.4) is 0 Å². The van der Waals surface area contributed by atoms with Gasteiger partial charge >= 0.3 is 0 Å². The molecule has 0 spiro atoms. The van der Waals surface area contributed by atoms with E-state index in [1.165, 1.54) is 0 Å². The number of hydrogen-bond acceptors (Lipinski definition) is 3. The fourth-order valence-electron chi connectivity index (χ4n) is 1.65. The van der Waals surface area contributed by atoms with E-state index < -0.39 is 0 Å². The zero-order valence-electron chi connectivity index (χ0n) is 9.81. The Balaban J connectivity index is 2.13. The van der Waals surface area contributed by atoms with Crippen LogP contribution >= 0.6 is 31.9 Å². The van der Waals surface area contributed by atoms with Crippen molar-refractivity contribution in [2.45, 2.75) is 19.3 Å². The summed E-state index contributed by atoms with van der Waals surface area (Å²) in [5.74, 6) is 0. The number of nitrogens with two attached hydrogens (primary N) is 1. The SMILES string of the molecule is NCCCCc1cn(-c2ccc(Br)cc2Br)nn1. The first-order chi connectivity index (χ1) is 8.70. The number of hydrogen-bond donors (Lipinski definition) is 1. The molecule has 18 heavy (non-hydrogen) atoms. The first kappa shape index (κ1) is 13.7. The van der Waals surface area contributed by atoms with Gasteiger partial charge in [0, 0.05) is 8.95 Å². The molecule has 0 saturated carbocycles. The molecule has 0 aliphatic carbocycles. The molecule has 4 nitrogen and oxygen atoms in total. The molecule has 2 N–H and O–H groups in total. The molecule has 96 valence electrons. The molecule has 0 aliphatic heterocycles. The van der Waals surface area contributed by atoms with Gasteiger partial charge in [0.25, 0.3) is 0 Å². The molecule has 1 heterocycles. The van der Waals surface area contributed by atoms with Crippen LogP contribution in [0.1, 0.15) is 18.5 Å². The Labute approximate surface area is 123 Å². The molecule has 1 aromatic carbocycles. The molecular weight excluding hydrogens is 360 g/mol. The Kier molecular flexibility index (Phi) is 4.91. The highest BCUT2D eigenvalue weighted by Crippen LogP contribution is 2.24. The Bertz CT molecular complexity index is 525. The number of halogens is 2. The molecule has 0 radical (unpaired) electrons. The van der Waals surface area contributed by atoms with Crippen molar-refractivity contribution in [3.63, 3.8) is 0 Å². The minimum Gasteiger partial charge on any atom is -0.330 e. The monoisotopic (exact) mass is 372 g/mol. The van der Waals surface area contributed by atoms with Gasteiger partial charge in [0.15, 0.2) is 0 Å². The first-order valence-corrected chi connectivity index (χ1v) is 7.36. The summed E-state index contributed by atoms with van der Waals surface area (Å²) in [4.78, 5) is 0. The third kappa shape index (κ3) is 3.40. The summed E-state index contributed by atoms with van der Waals surface area (Å²) in [5.41, 5.74) is 7.45. The largest absolute Gasteiger partial charge is 0.330 e. The number of aromatic nitrogens is 3. The van der Waals surface area contributed by atoms with Gasteiger partial charge in [-0.15, -0.1) is 5.10 Å². The van der Waals surface area contributed by atoms with Crippen LogP contribution in [0.5, 0.6) is 0 Å². The highest BCUT2D eigenvalue weighted by molar-refractivity contribution is 9.11. The summed E-state index contributed by atoms with van der Waals surface area (Å²) in [6.45, 7) is 0.729. The van der Waals surface area contributed by atoms with E-state index in [2.05, 4.69) is 42.2 Å². The maximum absolute atomic E-state index is 5.47. The van der Waals surface area contributed by atoms with E-state index in [1.807, 2.05) is 24.4 Å². The van der Waals surface area contributed by atoms with E-state index in [1.54, 1.807) is 4.68 Å². The molecule has 0 unspecified atom stereocenters. The van der Waals surface area contributed by atoms with E-state index in [9.17, 15) is 0 Å². The molecule has 0 atom stereocenters.